The second-order valence-electron chi connectivity index (χ2n) is 10.9. The summed E-state index contributed by atoms with van der Waals surface area (Å²) < 4.78 is 0. The van der Waals surface area contributed by atoms with Crippen LogP contribution in [0, 0.1) is 34.5 Å². The van der Waals surface area contributed by atoms with Crippen LogP contribution in [-0.4, -0.2) is 22.9 Å². The molecule has 0 aromatic carbocycles. The highest BCUT2D eigenvalue weighted by Crippen LogP contribution is 2.66. The summed E-state index contributed by atoms with van der Waals surface area (Å²) in [5.41, 5.74) is 2.56. The van der Waals surface area contributed by atoms with Crippen LogP contribution in [0.1, 0.15) is 97.3 Å². The first kappa shape index (κ1) is 20.0. The molecular formula is C25H42O2. The van der Waals surface area contributed by atoms with E-state index in [0.717, 1.165) is 42.9 Å². The average molecular weight is 375 g/mol. The van der Waals surface area contributed by atoms with Crippen LogP contribution >= 0.6 is 0 Å². The Bertz CT molecular complexity index is 555. The molecule has 0 radical (unpaired) electrons. The van der Waals surface area contributed by atoms with Crippen LogP contribution in [0.3, 0.4) is 0 Å². The molecule has 4 aliphatic rings. The van der Waals surface area contributed by atoms with Crippen molar-refractivity contribution in [3.8, 4) is 0 Å². The fourth-order valence-electron chi connectivity index (χ4n) is 8.08. The Morgan fingerprint density at radius 2 is 1.78 bits per heavy atom. The van der Waals surface area contributed by atoms with Gasteiger partial charge in [0.1, 0.15) is 0 Å². The SMILES string of the molecule is CC12CCC(O)CC1=CCC1C2CCC2(C)C(CCCCCCO)CCC12. The number of unbranched alkanes of at least 4 members (excludes halogenated alkanes) is 3. The van der Waals surface area contributed by atoms with E-state index >= 15 is 0 Å². The molecule has 4 rings (SSSR count). The molecule has 3 fully saturated rings. The Morgan fingerprint density at radius 3 is 2.59 bits per heavy atom. The molecule has 0 bridgehead atoms. The van der Waals surface area contributed by atoms with Gasteiger partial charge in [0.15, 0.2) is 0 Å². The Balaban J connectivity index is 1.44. The van der Waals surface area contributed by atoms with Crippen LogP contribution in [0.15, 0.2) is 11.6 Å². The zero-order valence-electron chi connectivity index (χ0n) is 17.8. The zero-order valence-corrected chi connectivity index (χ0v) is 17.8. The fourth-order valence-corrected chi connectivity index (χ4v) is 8.08. The minimum Gasteiger partial charge on any atom is -0.396 e. The van der Waals surface area contributed by atoms with E-state index in [2.05, 4.69) is 19.9 Å². The number of aliphatic hydroxyl groups is 2. The highest BCUT2D eigenvalue weighted by molar-refractivity contribution is 5.25. The summed E-state index contributed by atoms with van der Waals surface area (Å²) in [6.07, 6.45) is 19.0. The smallest absolute Gasteiger partial charge is 0.0577 e. The highest BCUT2D eigenvalue weighted by Gasteiger charge is 2.58. The molecule has 4 aliphatic carbocycles. The molecule has 7 atom stereocenters. The van der Waals surface area contributed by atoms with Gasteiger partial charge in [-0.2, -0.15) is 0 Å². The third-order valence-electron chi connectivity index (χ3n) is 9.73. The molecular weight excluding hydrogens is 332 g/mol. The summed E-state index contributed by atoms with van der Waals surface area (Å²) in [6, 6.07) is 0. The second kappa shape index (κ2) is 7.82. The lowest BCUT2D eigenvalue weighted by Gasteiger charge is -2.58. The van der Waals surface area contributed by atoms with Gasteiger partial charge in [0, 0.05) is 6.61 Å². The Morgan fingerprint density at radius 1 is 0.963 bits per heavy atom. The van der Waals surface area contributed by atoms with E-state index in [9.17, 15) is 5.11 Å². The monoisotopic (exact) mass is 374 g/mol. The van der Waals surface area contributed by atoms with Gasteiger partial charge in [-0.15, -0.1) is 0 Å². The van der Waals surface area contributed by atoms with Crippen molar-refractivity contribution in [1.29, 1.82) is 0 Å². The highest BCUT2D eigenvalue weighted by atomic mass is 16.3. The Kier molecular flexibility index (Phi) is 5.78. The lowest BCUT2D eigenvalue weighted by molar-refractivity contribution is -0.0508. The van der Waals surface area contributed by atoms with Gasteiger partial charge in [-0.05, 0) is 98.7 Å². The second-order valence-corrected chi connectivity index (χ2v) is 10.9. The van der Waals surface area contributed by atoms with Crippen molar-refractivity contribution in [3.05, 3.63) is 11.6 Å². The van der Waals surface area contributed by atoms with Gasteiger partial charge in [0.2, 0.25) is 0 Å². The molecule has 154 valence electrons. The van der Waals surface area contributed by atoms with E-state index in [-0.39, 0.29) is 6.10 Å². The largest absolute Gasteiger partial charge is 0.396 e. The fraction of sp³-hybridized carbons (Fsp3) is 0.920. The van der Waals surface area contributed by atoms with Gasteiger partial charge in [0.25, 0.3) is 0 Å². The molecule has 0 spiro atoms. The van der Waals surface area contributed by atoms with Gasteiger partial charge in [-0.25, -0.2) is 0 Å². The van der Waals surface area contributed by atoms with Crippen LogP contribution in [0.5, 0.6) is 0 Å². The molecule has 3 saturated carbocycles. The summed E-state index contributed by atoms with van der Waals surface area (Å²) >= 11 is 0. The number of aliphatic hydroxyl groups excluding tert-OH is 2. The van der Waals surface area contributed by atoms with E-state index in [0.29, 0.717) is 17.4 Å². The average Bonchev–Trinajstić information content (AvgIpc) is 2.99. The van der Waals surface area contributed by atoms with E-state index in [4.69, 9.17) is 5.11 Å². The van der Waals surface area contributed by atoms with E-state index in [1.54, 1.807) is 5.57 Å². The first-order chi connectivity index (χ1) is 13.0. The summed E-state index contributed by atoms with van der Waals surface area (Å²) in [6.45, 7) is 5.54. The Labute approximate surface area is 166 Å². The molecule has 0 aromatic rings. The minimum absolute atomic E-state index is 0.0866. The van der Waals surface area contributed by atoms with E-state index < -0.39 is 0 Å². The molecule has 0 aromatic heterocycles. The first-order valence-corrected chi connectivity index (χ1v) is 12.0. The van der Waals surface area contributed by atoms with Crippen molar-refractivity contribution in [3.63, 3.8) is 0 Å². The predicted molar refractivity (Wildman–Crippen MR) is 111 cm³/mol. The van der Waals surface area contributed by atoms with Crippen LogP contribution in [0.4, 0.5) is 0 Å². The van der Waals surface area contributed by atoms with Crippen molar-refractivity contribution < 1.29 is 10.2 Å². The third-order valence-corrected chi connectivity index (χ3v) is 9.73. The quantitative estimate of drug-likeness (QED) is 0.451. The molecule has 2 heteroatoms. The molecule has 0 heterocycles. The normalized spacial score (nSPS) is 46.4. The van der Waals surface area contributed by atoms with Gasteiger partial charge < -0.3 is 10.2 Å². The van der Waals surface area contributed by atoms with Crippen LogP contribution in [0.25, 0.3) is 0 Å². The predicted octanol–water partition coefficient (Wildman–Crippen LogP) is 5.87. The van der Waals surface area contributed by atoms with Crippen LogP contribution < -0.4 is 0 Å². The molecule has 0 saturated heterocycles. The van der Waals surface area contributed by atoms with Crippen molar-refractivity contribution in [2.75, 3.05) is 6.61 Å². The van der Waals surface area contributed by atoms with Crippen molar-refractivity contribution in [2.45, 2.75) is 103 Å². The number of rotatable bonds is 6. The number of hydrogen-bond acceptors (Lipinski definition) is 2. The number of hydrogen-bond donors (Lipinski definition) is 2. The van der Waals surface area contributed by atoms with Gasteiger partial charge in [0.05, 0.1) is 6.10 Å². The van der Waals surface area contributed by atoms with Crippen LogP contribution in [0.2, 0.25) is 0 Å². The standard InChI is InChI=1S/C25H42O2/c1-24-15-13-23-21(10-8-19-17-20(27)12-14-25(19,23)2)22(24)11-9-18(24)7-5-3-4-6-16-26/h8,18,20-23,26-27H,3-7,9-17H2,1-2H3. The lowest BCUT2D eigenvalue weighted by atomic mass is 9.47. The van der Waals surface area contributed by atoms with Crippen molar-refractivity contribution >= 4 is 0 Å². The van der Waals surface area contributed by atoms with Crippen molar-refractivity contribution in [1.82, 2.24) is 0 Å². The Hall–Kier alpha value is -0.340. The van der Waals surface area contributed by atoms with Crippen LogP contribution in [-0.2, 0) is 0 Å². The summed E-state index contributed by atoms with van der Waals surface area (Å²) in [7, 11) is 0. The van der Waals surface area contributed by atoms with E-state index in [1.165, 1.54) is 64.2 Å². The number of allylic oxidation sites excluding steroid dienone is 1. The first-order valence-electron chi connectivity index (χ1n) is 12.0. The van der Waals surface area contributed by atoms with E-state index in [1.807, 2.05) is 0 Å². The topological polar surface area (TPSA) is 40.5 Å². The number of fused-ring (bicyclic) bond motifs is 5. The molecule has 2 N–H and O–H groups in total. The minimum atomic E-state index is -0.0866. The third kappa shape index (κ3) is 3.44. The maximum absolute atomic E-state index is 10.2. The molecule has 0 aliphatic heterocycles. The summed E-state index contributed by atoms with van der Waals surface area (Å²) in [5, 5.41) is 19.1. The molecule has 2 nitrogen and oxygen atoms in total. The maximum atomic E-state index is 10.2. The molecule has 27 heavy (non-hydrogen) atoms. The molecule has 7 unspecified atom stereocenters. The summed E-state index contributed by atoms with van der Waals surface area (Å²) in [5.74, 6) is 3.63. The maximum Gasteiger partial charge on any atom is 0.0577 e. The molecule has 0 amide bonds. The van der Waals surface area contributed by atoms with Gasteiger partial charge in [-0.1, -0.05) is 44.8 Å². The van der Waals surface area contributed by atoms with Gasteiger partial charge >= 0.3 is 0 Å². The zero-order chi connectivity index (χ0) is 19.1. The lowest BCUT2D eigenvalue weighted by Crippen LogP contribution is -2.50. The van der Waals surface area contributed by atoms with Gasteiger partial charge in [-0.3, -0.25) is 0 Å². The van der Waals surface area contributed by atoms with Crippen molar-refractivity contribution in [2.24, 2.45) is 34.5 Å². The summed E-state index contributed by atoms with van der Waals surface area (Å²) in [4.78, 5) is 0.